The molecule has 4 heteroatoms. The van der Waals surface area contributed by atoms with Crippen molar-refractivity contribution in [3.05, 3.63) is 30.5 Å². The van der Waals surface area contributed by atoms with Gasteiger partial charge in [-0.3, -0.25) is 0 Å². The van der Waals surface area contributed by atoms with Gasteiger partial charge in [-0.05, 0) is 38.8 Å². The topological polar surface area (TPSA) is 56.5 Å². The standard InChI is InChI=1S/C14H20N4/c1-15-12-4-2-10(3-5-12)14-17-9-13(18-14)11-6-7-16-8-11/h6-10,12,15-16H,2-5H2,1H3,(H,17,18). The number of nitrogens with one attached hydrogen (secondary N) is 3. The Morgan fingerprint density at radius 3 is 2.78 bits per heavy atom. The smallest absolute Gasteiger partial charge is 0.109 e. The van der Waals surface area contributed by atoms with Crippen LogP contribution < -0.4 is 5.32 Å². The molecule has 2 aromatic heterocycles. The van der Waals surface area contributed by atoms with Crippen LogP contribution in [0.2, 0.25) is 0 Å². The fourth-order valence-electron chi connectivity index (χ4n) is 2.84. The van der Waals surface area contributed by atoms with Crippen molar-refractivity contribution in [2.45, 2.75) is 37.6 Å². The van der Waals surface area contributed by atoms with Gasteiger partial charge in [0.15, 0.2) is 0 Å². The van der Waals surface area contributed by atoms with Gasteiger partial charge < -0.3 is 15.3 Å². The Labute approximate surface area is 107 Å². The molecule has 2 heterocycles. The van der Waals surface area contributed by atoms with Crippen LogP contribution in [0.15, 0.2) is 24.7 Å². The van der Waals surface area contributed by atoms with E-state index in [-0.39, 0.29) is 0 Å². The SMILES string of the molecule is CNC1CCC(c2ncc(-c3cc[nH]c3)[nH]2)CC1. The van der Waals surface area contributed by atoms with Gasteiger partial charge in [-0.25, -0.2) is 4.98 Å². The second kappa shape index (κ2) is 4.98. The van der Waals surface area contributed by atoms with Gasteiger partial charge in [0.05, 0.1) is 11.9 Å². The molecule has 0 saturated heterocycles. The quantitative estimate of drug-likeness (QED) is 0.777. The van der Waals surface area contributed by atoms with Gasteiger partial charge in [0.25, 0.3) is 0 Å². The summed E-state index contributed by atoms with van der Waals surface area (Å²) in [5.41, 5.74) is 2.29. The Morgan fingerprint density at radius 2 is 2.11 bits per heavy atom. The van der Waals surface area contributed by atoms with E-state index in [2.05, 4.69) is 33.4 Å². The Hall–Kier alpha value is -1.55. The summed E-state index contributed by atoms with van der Waals surface area (Å²) in [7, 11) is 2.06. The average Bonchev–Trinajstić information content (AvgIpc) is 3.09. The molecule has 1 aliphatic carbocycles. The van der Waals surface area contributed by atoms with Gasteiger partial charge in [-0.15, -0.1) is 0 Å². The summed E-state index contributed by atoms with van der Waals surface area (Å²) >= 11 is 0. The summed E-state index contributed by atoms with van der Waals surface area (Å²) in [6.07, 6.45) is 10.8. The van der Waals surface area contributed by atoms with Crippen LogP contribution in [0.5, 0.6) is 0 Å². The second-order valence-electron chi connectivity index (χ2n) is 5.12. The van der Waals surface area contributed by atoms with Crippen LogP contribution in [0.4, 0.5) is 0 Å². The first-order valence-electron chi connectivity index (χ1n) is 6.72. The van der Waals surface area contributed by atoms with Crippen LogP contribution in [-0.2, 0) is 0 Å². The first kappa shape index (κ1) is 11.5. The van der Waals surface area contributed by atoms with Crippen molar-refractivity contribution in [1.29, 1.82) is 0 Å². The number of hydrogen-bond acceptors (Lipinski definition) is 2. The van der Waals surface area contributed by atoms with E-state index in [0.29, 0.717) is 12.0 Å². The van der Waals surface area contributed by atoms with Crippen LogP contribution in [0, 0.1) is 0 Å². The highest BCUT2D eigenvalue weighted by Gasteiger charge is 2.23. The van der Waals surface area contributed by atoms with Crippen molar-refractivity contribution in [1.82, 2.24) is 20.3 Å². The highest BCUT2D eigenvalue weighted by Crippen LogP contribution is 2.32. The van der Waals surface area contributed by atoms with Crippen molar-refractivity contribution in [3.63, 3.8) is 0 Å². The molecule has 1 fully saturated rings. The molecular weight excluding hydrogens is 224 g/mol. The largest absolute Gasteiger partial charge is 0.367 e. The molecule has 18 heavy (non-hydrogen) atoms. The predicted molar refractivity (Wildman–Crippen MR) is 72.4 cm³/mol. The zero-order chi connectivity index (χ0) is 12.4. The predicted octanol–water partition coefficient (Wildman–Crippen LogP) is 2.65. The molecule has 4 nitrogen and oxygen atoms in total. The number of H-pyrrole nitrogens is 2. The number of nitrogens with zero attached hydrogens (tertiary/aromatic N) is 1. The lowest BCUT2D eigenvalue weighted by molar-refractivity contribution is 0.352. The number of rotatable bonds is 3. The van der Waals surface area contributed by atoms with Crippen LogP contribution in [0.3, 0.4) is 0 Å². The van der Waals surface area contributed by atoms with Crippen LogP contribution in [-0.4, -0.2) is 28.0 Å². The Kier molecular flexibility index (Phi) is 3.19. The third kappa shape index (κ3) is 2.20. The molecular formula is C14H20N4. The van der Waals surface area contributed by atoms with E-state index in [0.717, 1.165) is 11.5 Å². The average molecular weight is 244 g/mol. The van der Waals surface area contributed by atoms with Crippen molar-refractivity contribution in [2.24, 2.45) is 0 Å². The molecule has 0 bridgehead atoms. The molecule has 0 aromatic carbocycles. The zero-order valence-electron chi connectivity index (χ0n) is 10.7. The van der Waals surface area contributed by atoms with E-state index in [1.165, 1.54) is 31.2 Å². The lowest BCUT2D eigenvalue weighted by Gasteiger charge is -2.26. The Bertz CT molecular complexity index is 478. The molecule has 1 aliphatic rings. The van der Waals surface area contributed by atoms with Crippen LogP contribution in [0.25, 0.3) is 11.3 Å². The molecule has 0 spiro atoms. The summed E-state index contributed by atoms with van der Waals surface area (Å²) in [5, 5.41) is 3.37. The van der Waals surface area contributed by atoms with E-state index in [1.807, 2.05) is 18.6 Å². The fourth-order valence-corrected chi connectivity index (χ4v) is 2.84. The van der Waals surface area contributed by atoms with Crippen molar-refractivity contribution < 1.29 is 0 Å². The van der Waals surface area contributed by atoms with Crippen molar-refractivity contribution in [2.75, 3.05) is 7.05 Å². The summed E-state index contributed by atoms with van der Waals surface area (Å²) in [6.45, 7) is 0. The highest BCUT2D eigenvalue weighted by molar-refractivity contribution is 5.57. The van der Waals surface area contributed by atoms with Crippen molar-refractivity contribution >= 4 is 0 Å². The molecule has 0 atom stereocenters. The molecule has 2 aromatic rings. The van der Waals surface area contributed by atoms with Gasteiger partial charge in [-0.1, -0.05) is 0 Å². The van der Waals surface area contributed by atoms with E-state index < -0.39 is 0 Å². The van der Waals surface area contributed by atoms with Gasteiger partial charge in [0.2, 0.25) is 0 Å². The number of hydrogen-bond donors (Lipinski definition) is 3. The fraction of sp³-hybridized carbons (Fsp3) is 0.500. The molecule has 0 amide bonds. The normalized spacial score (nSPS) is 24.3. The first-order chi connectivity index (χ1) is 8.86. The maximum absolute atomic E-state index is 4.56. The minimum absolute atomic E-state index is 0.599. The molecule has 0 radical (unpaired) electrons. The highest BCUT2D eigenvalue weighted by atomic mass is 14.9. The lowest BCUT2D eigenvalue weighted by atomic mass is 9.86. The van der Waals surface area contributed by atoms with E-state index in [1.54, 1.807) is 0 Å². The summed E-state index contributed by atoms with van der Waals surface area (Å²) in [5.74, 6) is 1.75. The molecule has 3 rings (SSSR count). The molecule has 96 valence electrons. The lowest BCUT2D eigenvalue weighted by Crippen LogP contribution is -2.29. The summed E-state index contributed by atoms with van der Waals surface area (Å²) in [4.78, 5) is 11.1. The first-order valence-corrected chi connectivity index (χ1v) is 6.72. The molecule has 1 saturated carbocycles. The molecule has 3 N–H and O–H groups in total. The number of imidazole rings is 1. The van der Waals surface area contributed by atoms with Crippen LogP contribution >= 0.6 is 0 Å². The van der Waals surface area contributed by atoms with Gasteiger partial charge >= 0.3 is 0 Å². The summed E-state index contributed by atoms with van der Waals surface area (Å²) < 4.78 is 0. The maximum atomic E-state index is 4.56. The summed E-state index contributed by atoms with van der Waals surface area (Å²) in [6, 6.07) is 2.76. The Balaban J connectivity index is 1.71. The van der Waals surface area contributed by atoms with Gasteiger partial charge in [0.1, 0.15) is 5.82 Å². The third-order valence-electron chi connectivity index (χ3n) is 4.03. The number of aromatic amines is 2. The van der Waals surface area contributed by atoms with E-state index in [4.69, 9.17) is 0 Å². The minimum atomic E-state index is 0.599. The third-order valence-corrected chi connectivity index (χ3v) is 4.03. The van der Waals surface area contributed by atoms with Crippen molar-refractivity contribution in [3.8, 4) is 11.3 Å². The molecule has 0 unspecified atom stereocenters. The van der Waals surface area contributed by atoms with Gasteiger partial charge in [0, 0.05) is 29.9 Å². The van der Waals surface area contributed by atoms with Crippen LogP contribution in [0.1, 0.15) is 37.4 Å². The molecule has 0 aliphatic heterocycles. The van der Waals surface area contributed by atoms with Gasteiger partial charge in [-0.2, -0.15) is 0 Å². The second-order valence-corrected chi connectivity index (χ2v) is 5.12. The number of aromatic nitrogens is 3. The maximum Gasteiger partial charge on any atom is 0.109 e. The van der Waals surface area contributed by atoms with E-state index in [9.17, 15) is 0 Å². The zero-order valence-corrected chi connectivity index (χ0v) is 10.7. The minimum Gasteiger partial charge on any atom is -0.367 e. The van der Waals surface area contributed by atoms with E-state index >= 15 is 0 Å². The Morgan fingerprint density at radius 1 is 1.28 bits per heavy atom. The monoisotopic (exact) mass is 244 g/mol.